The summed E-state index contributed by atoms with van der Waals surface area (Å²) < 4.78 is 6.69. The quantitative estimate of drug-likeness (QED) is 0.740. The van der Waals surface area contributed by atoms with Gasteiger partial charge in [0.1, 0.15) is 5.75 Å². The molecule has 128 valence electrons. The predicted octanol–water partition coefficient (Wildman–Crippen LogP) is 0.993. The first-order valence-corrected chi connectivity index (χ1v) is 7.72. The topological polar surface area (TPSA) is 96.3 Å². The molecule has 0 saturated carbocycles. The van der Waals surface area contributed by atoms with Crippen LogP contribution >= 0.6 is 0 Å². The number of ether oxygens (including phenoxy) is 1. The van der Waals surface area contributed by atoms with Crippen molar-refractivity contribution in [3.05, 3.63) is 42.2 Å². The highest BCUT2D eigenvalue weighted by Gasteiger charge is 2.05. The molecule has 0 fully saturated rings. The zero-order valence-electron chi connectivity index (χ0n) is 13.5. The summed E-state index contributed by atoms with van der Waals surface area (Å²) in [4.78, 5) is 22.3. The highest BCUT2D eigenvalue weighted by atomic mass is 16.5. The molecule has 7 nitrogen and oxygen atoms in total. The van der Waals surface area contributed by atoms with Crippen LogP contribution in [0.4, 0.5) is 5.69 Å². The Labute approximate surface area is 140 Å². The molecule has 0 saturated heterocycles. The lowest BCUT2D eigenvalue weighted by atomic mass is 10.1. The molecule has 0 unspecified atom stereocenters. The highest BCUT2D eigenvalue weighted by molar-refractivity contribution is 5.90. The van der Waals surface area contributed by atoms with Gasteiger partial charge < -0.3 is 20.0 Å². The molecule has 2 rings (SSSR count). The summed E-state index contributed by atoms with van der Waals surface area (Å²) >= 11 is 0. The Balaban J connectivity index is 1.75. The van der Waals surface area contributed by atoms with Gasteiger partial charge >= 0.3 is 0 Å². The number of rotatable bonds is 9. The SMILES string of the molecule is COc1ccc(CCC(=O)Nc2cnn(CCCC(=O)[O-])c2)cc1. The summed E-state index contributed by atoms with van der Waals surface area (Å²) in [6, 6.07) is 7.59. The lowest BCUT2D eigenvalue weighted by Crippen LogP contribution is -2.22. The fourth-order valence-corrected chi connectivity index (χ4v) is 2.21. The van der Waals surface area contributed by atoms with E-state index in [4.69, 9.17) is 4.74 Å². The first kappa shape index (κ1) is 17.5. The van der Waals surface area contributed by atoms with Crippen molar-refractivity contribution < 1.29 is 19.4 Å². The van der Waals surface area contributed by atoms with Crippen LogP contribution in [-0.2, 0) is 22.6 Å². The summed E-state index contributed by atoms with van der Waals surface area (Å²) in [5, 5.41) is 17.2. The minimum absolute atomic E-state index is 0.0105. The van der Waals surface area contributed by atoms with E-state index in [1.54, 1.807) is 24.2 Å². The van der Waals surface area contributed by atoms with Gasteiger partial charge in [-0.05, 0) is 37.0 Å². The Morgan fingerprint density at radius 2 is 2.00 bits per heavy atom. The zero-order valence-corrected chi connectivity index (χ0v) is 13.5. The van der Waals surface area contributed by atoms with Crippen LogP contribution in [0.15, 0.2) is 36.7 Å². The van der Waals surface area contributed by atoms with E-state index < -0.39 is 5.97 Å². The Morgan fingerprint density at radius 3 is 2.67 bits per heavy atom. The van der Waals surface area contributed by atoms with E-state index in [-0.39, 0.29) is 12.3 Å². The van der Waals surface area contributed by atoms with Crippen molar-refractivity contribution in [3.8, 4) is 5.75 Å². The summed E-state index contributed by atoms with van der Waals surface area (Å²) in [5.41, 5.74) is 1.66. The Kier molecular flexibility index (Phi) is 6.36. The van der Waals surface area contributed by atoms with Crippen LogP contribution in [0.3, 0.4) is 0 Å². The number of carboxylic acids is 1. The Hall–Kier alpha value is -2.83. The van der Waals surface area contributed by atoms with E-state index >= 15 is 0 Å². The summed E-state index contributed by atoms with van der Waals surface area (Å²) in [7, 11) is 1.61. The fourth-order valence-electron chi connectivity index (χ4n) is 2.21. The van der Waals surface area contributed by atoms with Gasteiger partial charge in [0.15, 0.2) is 0 Å². The van der Waals surface area contributed by atoms with Gasteiger partial charge in [0.25, 0.3) is 0 Å². The minimum Gasteiger partial charge on any atom is -0.550 e. The average Bonchev–Trinajstić information content (AvgIpc) is 3.00. The maximum Gasteiger partial charge on any atom is 0.224 e. The molecule has 7 heteroatoms. The molecule has 1 aromatic heterocycles. The third kappa shape index (κ3) is 5.75. The number of nitrogens with zero attached hydrogens (tertiary/aromatic N) is 2. The molecule has 0 atom stereocenters. The van der Waals surface area contributed by atoms with Gasteiger partial charge in [-0.1, -0.05) is 12.1 Å². The van der Waals surface area contributed by atoms with Gasteiger partial charge in [-0.15, -0.1) is 0 Å². The van der Waals surface area contributed by atoms with Crippen LogP contribution in [0.25, 0.3) is 0 Å². The van der Waals surface area contributed by atoms with Crippen LogP contribution in [0, 0.1) is 0 Å². The summed E-state index contributed by atoms with van der Waals surface area (Å²) in [5.74, 6) is -0.386. The van der Waals surface area contributed by atoms with Crippen molar-refractivity contribution in [2.45, 2.75) is 32.2 Å². The first-order valence-electron chi connectivity index (χ1n) is 7.72. The number of carbonyl (C=O) groups excluding carboxylic acids is 2. The molecule has 0 spiro atoms. The molecule has 0 aliphatic carbocycles. The fraction of sp³-hybridized carbons (Fsp3) is 0.353. The molecule has 0 aliphatic rings. The maximum absolute atomic E-state index is 12.0. The molecule has 24 heavy (non-hydrogen) atoms. The molecule has 1 amide bonds. The first-order chi connectivity index (χ1) is 11.6. The molecule has 1 N–H and O–H groups in total. The average molecular weight is 330 g/mol. The lowest BCUT2D eigenvalue weighted by molar-refractivity contribution is -0.305. The molecular formula is C17H20N3O4-. The summed E-state index contributed by atoms with van der Waals surface area (Å²) in [6.07, 6.45) is 4.65. The number of aryl methyl sites for hydroxylation is 2. The van der Waals surface area contributed by atoms with E-state index in [2.05, 4.69) is 10.4 Å². The molecule has 0 bridgehead atoms. The Bertz CT molecular complexity index is 679. The molecule has 0 aliphatic heterocycles. The van der Waals surface area contributed by atoms with Gasteiger partial charge in [-0.25, -0.2) is 0 Å². The van der Waals surface area contributed by atoms with Gasteiger partial charge in [0.05, 0.1) is 19.0 Å². The number of amides is 1. The molecule has 1 aromatic carbocycles. The number of benzene rings is 1. The van der Waals surface area contributed by atoms with Crippen molar-refractivity contribution >= 4 is 17.6 Å². The highest BCUT2D eigenvalue weighted by Crippen LogP contribution is 2.13. The predicted molar refractivity (Wildman–Crippen MR) is 86.4 cm³/mol. The van der Waals surface area contributed by atoms with Crippen molar-refractivity contribution in [1.29, 1.82) is 0 Å². The van der Waals surface area contributed by atoms with Crippen molar-refractivity contribution in [2.24, 2.45) is 0 Å². The third-order valence-electron chi connectivity index (χ3n) is 3.48. The van der Waals surface area contributed by atoms with Gasteiger partial charge in [0, 0.05) is 25.1 Å². The van der Waals surface area contributed by atoms with Crippen LogP contribution in [-0.4, -0.2) is 28.8 Å². The van der Waals surface area contributed by atoms with Crippen LogP contribution < -0.4 is 15.2 Å². The van der Waals surface area contributed by atoms with Crippen molar-refractivity contribution in [2.75, 3.05) is 12.4 Å². The molecule has 1 heterocycles. The van der Waals surface area contributed by atoms with E-state index in [1.807, 2.05) is 24.3 Å². The van der Waals surface area contributed by atoms with Crippen LogP contribution in [0.2, 0.25) is 0 Å². The van der Waals surface area contributed by atoms with E-state index in [0.29, 0.717) is 31.5 Å². The second-order valence-electron chi connectivity index (χ2n) is 5.36. The molecule has 2 aromatic rings. The molecular weight excluding hydrogens is 310 g/mol. The van der Waals surface area contributed by atoms with E-state index in [9.17, 15) is 14.7 Å². The standard InChI is InChI=1S/C17H21N3O4/c1-24-15-7-4-13(5-8-15)6-9-16(21)19-14-11-18-20(12-14)10-2-3-17(22)23/h4-5,7-8,11-12H,2-3,6,9-10H2,1H3,(H,19,21)(H,22,23)/p-1. The third-order valence-corrected chi connectivity index (χ3v) is 3.48. The Morgan fingerprint density at radius 1 is 1.25 bits per heavy atom. The van der Waals surface area contributed by atoms with Crippen molar-refractivity contribution in [1.82, 2.24) is 9.78 Å². The smallest absolute Gasteiger partial charge is 0.224 e. The maximum atomic E-state index is 12.0. The largest absolute Gasteiger partial charge is 0.550 e. The molecule has 0 radical (unpaired) electrons. The van der Waals surface area contributed by atoms with E-state index in [1.165, 1.54) is 0 Å². The van der Waals surface area contributed by atoms with Gasteiger partial charge in [-0.2, -0.15) is 5.10 Å². The number of methoxy groups -OCH3 is 1. The zero-order chi connectivity index (χ0) is 17.4. The number of anilines is 1. The number of hydrogen-bond acceptors (Lipinski definition) is 5. The number of carboxylic acid groups (broad SMARTS) is 1. The number of carbonyl (C=O) groups is 2. The number of aliphatic carboxylic acids is 1. The van der Waals surface area contributed by atoms with Crippen molar-refractivity contribution in [3.63, 3.8) is 0 Å². The number of hydrogen-bond donors (Lipinski definition) is 1. The van der Waals surface area contributed by atoms with Crippen LogP contribution in [0.5, 0.6) is 5.75 Å². The normalized spacial score (nSPS) is 10.4. The minimum atomic E-state index is -1.07. The second-order valence-corrected chi connectivity index (χ2v) is 5.36. The number of nitrogens with one attached hydrogen (secondary N) is 1. The second kappa shape index (κ2) is 8.71. The van der Waals surface area contributed by atoms with Crippen LogP contribution in [0.1, 0.15) is 24.8 Å². The lowest BCUT2D eigenvalue weighted by Gasteiger charge is -2.04. The number of aromatic nitrogens is 2. The van der Waals surface area contributed by atoms with Gasteiger partial charge in [-0.3, -0.25) is 9.48 Å². The summed E-state index contributed by atoms with van der Waals surface area (Å²) in [6.45, 7) is 0.468. The van der Waals surface area contributed by atoms with Gasteiger partial charge in [0.2, 0.25) is 5.91 Å². The van der Waals surface area contributed by atoms with E-state index in [0.717, 1.165) is 11.3 Å². The monoisotopic (exact) mass is 330 g/mol.